The van der Waals surface area contributed by atoms with Crippen LogP contribution >= 0.6 is 0 Å². The fraction of sp³-hybridized carbons (Fsp3) is 0.0714. The first-order chi connectivity index (χ1) is 9.66. The average molecular weight is 268 g/mol. The van der Waals surface area contributed by atoms with E-state index in [0.717, 1.165) is 16.3 Å². The molecule has 3 rings (SSSR count). The molecule has 6 nitrogen and oxygen atoms in total. The molecule has 3 aromatic rings. The van der Waals surface area contributed by atoms with Crippen molar-refractivity contribution in [1.82, 2.24) is 9.78 Å². The second kappa shape index (κ2) is 4.65. The standard InChI is InChI=1S/C14H12N4O2/c15-14-13(18(19)20)8-16-17(14)9-11-6-3-5-10-4-1-2-7-12(10)11/h1-8H,9,15H2. The van der Waals surface area contributed by atoms with Gasteiger partial charge in [0.1, 0.15) is 6.20 Å². The fourth-order valence-corrected chi connectivity index (χ4v) is 2.24. The second-order valence-electron chi connectivity index (χ2n) is 4.47. The Kier molecular flexibility index (Phi) is 2.83. The van der Waals surface area contributed by atoms with Crippen LogP contribution < -0.4 is 5.73 Å². The van der Waals surface area contributed by atoms with Crippen LogP contribution in [-0.2, 0) is 6.54 Å². The van der Waals surface area contributed by atoms with Gasteiger partial charge < -0.3 is 5.73 Å². The van der Waals surface area contributed by atoms with Gasteiger partial charge in [-0.2, -0.15) is 5.10 Å². The Balaban J connectivity index is 2.04. The Bertz CT molecular complexity index is 789. The average Bonchev–Trinajstić information content (AvgIpc) is 2.81. The molecule has 0 fully saturated rings. The molecule has 0 saturated carbocycles. The summed E-state index contributed by atoms with van der Waals surface area (Å²) in [6.07, 6.45) is 1.18. The lowest BCUT2D eigenvalue weighted by atomic mass is 10.0. The summed E-state index contributed by atoms with van der Waals surface area (Å²) in [5.41, 5.74) is 6.61. The molecule has 1 heterocycles. The van der Waals surface area contributed by atoms with Crippen LogP contribution in [0.5, 0.6) is 0 Å². The highest BCUT2D eigenvalue weighted by Gasteiger charge is 2.17. The molecule has 6 heteroatoms. The molecule has 0 saturated heterocycles. The quantitative estimate of drug-likeness (QED) is 0.584. The van der Waals surface area contributed by atoms with Gasteiger partial charge in [0.15, 0.2) is 0 Å². The van der Waals surface area contributed by atoms with Crippen LogP contribution in [0.3, 0.4) is 0 Å². The summed E-state index contributed by atoms with van der Waals surface area (Å²) >= 11 is 0. The van der Waals surface area contributed by atoms with Gasteiger partial charge in [-0.25, -0.2) is 4.68 Å². The highest BCUT2D eigenvalue weighted by Crippen LogP contribution is 2.23. The van der Waals surface area contributed by atoms with Crippen molar-refractivity contribution < 1.29 is 4.92 Å². The first kappa shape index (κ1) is 12.2. The van der Waals surface area contributed by atoms with E-state index in [0.29, 0.717) is 6.54 Å². The Morgan fingerprint density at radius 2 is 1.95 bits per heavy atom. The van der Waals surface area contributed by atoms with Crippen LogP contribution in [0.1, 0.15) is 5.56 Å². The Labute approximate surface area is 114 Å². The Hall–Kier alpha value is -2.89. The number of fused-ring (bicyclic) bond motifs is 1. The number of rotatable bonds is 3. The zero-order valence-electron chi connectivity index (χ0n) is 10.6. The maximum absolute atomic E-state index is 10.8. The molecule has 0 radical (unpaired) electrons. The third kappa shape index (κ3) is 1.97. The van der Waals surface area contributed by atoms with E-state index in [-0.39, 0.29) is 11.5 Å². The van der Waals surface area contributed by atoms with Crippen molar-refractivity contribution in [3.8, 4) is 0 Å². The molecular weight excluding hydrogens is 256 g/mol. The van der Waals surface area contributed by atoms with Crippen LogP contribution in [0.2, 0.25) is 0 Å². The predicted octanol–water partition coefficient (Wildman–Crippen LogP) is 2.58. The molecule has 1 aromatic heterocycles. The zero-order valence-corrected chi connectivity index (χ0v) is 10.6. The highest BCUT2D eigenvalue weighted by molar-refractivity contribution is 5.85. The predicted molar refractivity (Wildman–Crippen MR) is 76.3 cm³/mol. The van der Waals surface area contributed by atoms with Gasteiger partial charge in [-0.1, -0.05) is 42.5 Å². The molecular formula is C14H12N4O2. The normalized spacial score (nSPS) is 10.8. The minimum atomic E-state index is -0.526. The van der Waals surface area contributed by atoms with Gasteiger partial charge in [0.2, 0.25) is 5.82 Å². The van der Waals surface area contributed by atoms with Crippen LogP contribution in [0.4, 0.5) is 11.5 Å². The van der Waals surface area contributed by atoms with Gasteiger partial charge in [0.25, 0.3) is 0 Å². The van der Waals surface area contributed by atoms with Crippen molar-refractivity contribution in [2.75, 3.05) is 5.73 Å². The van der Waals surface area contributed by atoms with Crippen molar-refractivity contribution >= 4 is 22.3 Å². The molecule has 100 valence electrons. The number of aromatic nitrogens is 2. The molecule has 0 atom stereocenters. The number of nitrogens with zero attached hydrogens (tertiary/aromatic N) is 3. The van der Waals surface area contributed by atoms with E-state index >= 15 is 0 Å². The first-order valence-corrected chi connectivity index (χ1v) is 6.09. The molecule has 0 aliphatic carbocycles. The number of anilines is 1. The van der Waals surface area contributed by atoms with Crippen molar-refractivity contribution in [2.24, 2.45) is 0 Å². The SMILES string of the molecule is Nc1c([N+](=O)[O-])cnn1Cc1cccc2ccccc12. The summed E-state index contributed by atoms with van der Waals surface area (Å²) in [6, 6.07) is 13.9. The summed E-state index contributed by atoms with van der Waals surface area (Å²) in [5, 5.41) is 17.0. The van der Waals surface area contributed by atoms with Gasteiger partial charge in [-0.05, 0) is 16.3 Å². The van der Waals surface area contributed by atoms with Crippen LogP contribution in [0.25, 0.3) is 10.8 Å². The van der Waals surface area contributed by atoms with Crippen LogP contribution in [0, 0.1) is 10.1 Å². The lowest BCUT2D eigenvalue weighted by molar-refractivity contribution is -0.384. The maximum atomic E-state index is 10.8. The second-order valence-corrected chi connectivity index (χ2v) is 4.47. The third-order valence-electron chi connectivity index (χ3n) is 3.26. The van der Waals surface area contributed by atoms with Crippen LogP contribution in [-0.4, -0.2) is 14.7 Å². The third-order valence-corrected chi connectivity index (χ3v) is 3.26. The van der Waals surface area contributed by atoms with E-state index in [1.165, 1.54) is 10.9 Å². The maximum Gasteiger partial charge on any atom is 0.330 e. The summed E-state index contributed by atoms with van der Waals surface area (Å²) < 4.78 is 1.44. The zero-order chi connectivity index (χ0) is 14.1. The van der Waals surface area contributed by atoms with Crippen molar-refractivity contribution in [3.05, 3.63) is 64.3 Å². The Morgan fingerprint density at radius 1 is 1.20 bits per heavy atom. The van der Waals surface area contributed by atoms with Gasteiger partial charge in [0, 0.05) is 0 Å². The van der Waals surface area contributed by atoms with Crippen molar-refractivity contribution in [3.63, 3.8) is 0 Å². The molecule has 2 aromatic carbocycles. The summed E-state index contributed by atoms with van der Waals surface area (Å²) in [5.74, 6) is 0.0722. The lowest BCUT2D eigenvalue weighted by Crippen LogP contribution is -2.07. The number of hydrogen-bond donors (Lipinski definition) is 1. The minimum Gasteiger partial charge on any atom is -0.378 e. The summed E-state index contributed by atoms with van der Waals surface area (Å²) in [4.78, 5) is 10.2. The van der Waals surface area contributed by atoms with E-state index in [9.17, 15) is 10.1 Å². The van der Waals surface area contributed by atoms with Gasteiger partial charge >= 0.3 is 5.69 Å². The Morgan fingerprint density at radius 3 is 2.70 bits per heavy atom. The number of nitrogens with two attached hydrogens (primary N) is 1. The molecule has 2 N–H and O–H groups in total. The van der Waals surface area contributed by atoms with Crippen LogP contribution in [0.15, 0.2) is 48.7 Å². The van der Waals surface area contributed by atoms with Gasteiger partial charge in [-0.3, -0.25) is 10.1 Å². The number of nitro groups is 1. The van der Waals surface area contributed by atoms with Crippen molar-refractivity contribution in [1.29, 1.82) is 0 Å². The summed E-state index contributed by atoms with van der Waals surface area (Å²) in [7, 11) is 0. The number of benzene rings is 2. The minimum absolute atomic E-state index is 0.0722. The largest absolute Gasteiger partial charge is 0.378 e. The highest BCUT2D eigenvalue weighted by atomic mass is 16.6. The van der Waals surface area contributed by atoms with Gasteiger partial charge in [0.05, 0.1) is 11.5 Å². The van der Waals surface area contributed by atoms with E-state index in [4.69, 9.17) is 5.73 Å². The van der Waals surface area contributed by atoms with E-state index in [1.807, 2.05) is 42.5 Å². The first-order valence-electron chi connectivity index (χ1n) is 6.09. The fourth-order valence-electron chi connectivity index (χ4n) is 2.24. The topological polar surface area (TPSA) is 87.0 Å². The van der Waals surface area contributed by atoms with Crippen molar-refractivity contribution in [2.45, 2.75) is 6.54 Å². The lowest BCUT2D eigenvalue weighted by Gasteiger charge is -2.07. The summed E-state index contributed by atoms with van der Waals surface area (Å²) in [6.45, 7) is 0.404. The molecule has 0 amide bonds. The number of nitrogen functional groups attached to an aromatic ring is 1. The molecule has 0 spiro atoms. The van der Waals surface area contributed by atoms with E-state index in [2.05, 4.69) is 5.10 Å². The molecule has 0 bridgehead atoms. The van der Waals surface area contributed by atoms with E-state index < -0.39 is 4.92 Å². The molecule has 0 unspecified atom stereocenters. The smallest absolute Gasteiger partial charge is 0.330 e. The molecule has 0 aliphatic heterocycles. The van der Waals surface area contributed by atoms with Gasteiger partial charge in [-0.15, -0.1) is 0 Å². The molecule has 20 heavy (non-hydrogen) atoms. The monoisotopic (exact) mass is 268 g/mol. The van der Waals surface area contributed by atoms with E-state index in [1.54, 1.807) is 0 Å². The number of hydrogen-bond acceptors (Lipinski definition) is 4. The molecule has 0 aliphatic rings.